The summed E-state index contributed by atoms with van der Waals surface area (Å²) in [4.78, 5) is 23.3. The standard InChI is InChI=1S/C8H11N3O2S/c1-2-5-3-4-6(14-5)7(12)10-11-8(9)13/h3-4H,2H2,1H3,(H,10,12)(H3,9,11,13). The fourth-order valence-electron chi connectivity index (χ4n) is 0.870. The van der Waals surface area contributed by atoms with Crippen molar-refractivity contribution in [3.63, 3.8) is 0 Å². The lowest BCUT2D eigenvalue weighted by molar-refractivity contribution is 0.0941. The van der Waals surface area contributed by atoms with Crippen molar-refractivity contribution >= 4 is 23.3 Å². The van der Waals surface area contributed by atoms with E-state index in [1.165, 1.54) is 11.3 Å². The molecule has 0 aliphatic carbocycles. The molecule has 0 radical (unpaired) electrons. The lowest BCUT2D eigenvalue weighted by Crippen LogP contribution is -2.44. The van der Waals surface area contributed by atoms with Gasteiger partial charge < -0.3 is 5.73 Å². The number of hydrogen-bond acceptors (Lipinski definition) is 3. The molecule has 1 rings (SSSR count). The molecule has 76 valence electrons. The molecular formula is C8H11N3O2S. The maximum Gasteiger partial charge on any atom is 0.330 e. The molecule has 4 N–H and O–H groups in total. The summed E-state index contributed by atoms with van der Waals surface area (Å²) < 4.78 is 0. The maximum atomic E-state index is 11.3. The third kappa shape index (κ3) is 2.74. The molecule has 0 fully saturated rings. The van der Waals surface area contributed by atoms with E-state index in [0.717, 1.165) is 11.3 Å². The van der Waals surface area contributed by atoms with Crippen LogP contribution in [0, 0.1) is 0 Å². The van der Waals surface area contributed by atoms with Crippen molar-refractivity contribution in [3.05, 3.63) is 21.9 Å². The SMILES string of the molecule is CCc1ccc(C(=O)NNC(N)=O)s1. The Morgan fingerprint density at radius 2 is 2.14 bits per heavy atom. The quantitative estimate of drug-likeness (QED) is 0.629. The van der Waals surface area contributed by atoms with Crippen LogP contribution in [0.15, 0.2) is 12.1 Å². The van der Waals surface area contributed by atoms with E-state index in [4.69, 9.17) is 5.73 Å². The molecule has 6 heteroatoms. The van der Waals surface area contributed by atoms with Crippen LogP contribution in [0.4, 0.5) is 4.79 Å². The van der Waals surface area contributed by atoms with E-state index in [9.17, 15) is 9.59 Å². The van der Waals surface area contributed by atoms with Crippen LogP contribution in [0.3, 0.4) is 0 Å². The van der Waals surface area contributed by atoms with Crippen molar-refractivity contribution in [1.29, 1.82) is 0 Å². The average Bonchev–Trinajstić information content (AvgIpc) is 2.62. The number of urea groups is 1. The largest absolute Gasteiger partial charge is 0.350 e. The van der Waals surface area contributed by atoms with Crippen molar-refractivity contribution in [2.24, 2.45) is 5.73 Å². The number of carbonyl (C=O) groups is 2. The summed E-state index contributed by atoms with van der Waals surface area (Å²) in [6.07, 6.45) is 0.890. The lowest BCUT2D eigenvalue weighted by atomic mass is 10.3. The monoisotopic (exact) mass is 213 g/mol. The predicted molar refractivity (Wildman–Crippen MR) is 53.9 cm³/mol. The van der Waals surface area contributed by atoms with Crippen LogP contribution in [0.5, 0.6) is 0 Å². The van der Waals surface area contributed by atoms with E-state index in [-0.39, 0.29) is 5.91 Å². The van der Waals surface area contributed by atoms with Gasteiger partial charge in [0.25, 0.3) is 5.91 Å². The van der Waals surface area contributed by atoms with E-state index in [2.05, 4.69) is 5.43 Å². The maximum absolute atomic E-state index is 11.3. The molecule has 0 atom stereocenters. The van der Waals surface area contributed by atoms with Gasteiger partial charge >= 0.3 is 6.03 Å². The number of rotatable bonds is 2. The lowest BCUT2D eigenvalue weighted by Gasteiger charge is -2.01. The van der Waals surface area contributed by atoms with Crippen molar-refractivity contribution in [2.75, 3.05) is 0 Å². The molecule has 1 heterocycles. The topological polar surface area (TPSA) is 84.2 Å². The highest BCUT2D eigenvalue weighted by molar-refractivity contribution is 7.14. The minimum absolute atomic E-state index is 0.353. The van der Waals surface area contributed by atoms with Crippen molar-refractivity contribution in [3.8, 4) is 0 Å². The van der Waals surface area contributed by atoms with Crippen molar-refractivity contribution in [1.82, 2.24) is 10.9 Å². The molecule has 5 nitrogen and oxygen atoms in total. The highest BCUT2D eigenvalue weighted by Gasteiger charge is 2.08. The van der Waals surface area contributed by atoms with Crippen LogP contribution >= 0.6 is 11.3 Å². The number of carbonyl (C=O) groups excluding carboxylic acids is 2. The Bertz CT molecular complexity index is 348. The highest BCUT2D eigenvalue weighted by atomic mass is 32.1. The minimum atomic E-state index is -0.786. The van der Waals surface area contributed by atoms with E-state index < -0.39 is 6.03 Å². The van der Waals surface area contributed by atoms with Gasteiger partial charge in [-0.3, -0.25) is 10.2 Å². The van der Waals surface area contributed by atoms with Crippen LogP contribution in [0.2, 0.25) is 0 Å². The number of aryl methyl sites for hydroxylation is 1. The third-order valence-corrected chi connectivity index (χ3v) is 2.76. The van der Waals surface area contributed by atoms with Gasteiger partial charge in [0.1, 0.15) is 0 Å². The first-order valence-corrected chi connectivity index (χ1v) is 4.89. The first-order chi connectivity index (χ1) is 6.63. The number of amides is 3. The number of hydrogen-bond donors (Lipinski definition) is 3. The van der Waals surface area contributed by atoms with Crippen LogP contribution < -0.4 is 16.6 Å². The molecule has 0 unspecified atom stereocenters. The summed E-state index contributed by atoms with van der Waals surface area (Å²) in [6.45, 7) is 2.01. The number of nitrogens with two attached hydrogens (primary N) is 1. The summed E-state index contributed by atoms with van der Waals surface area (Å²) in [5, 5.41) is 0. The first-order valence-electron chi connectivity index (χ1n) is 4.08. The zero-order valence-electron chi connectivity index (χ0n) is 7.66. The average molecular weight is 213 g/mol. The van der Waals surface area contributed by atoms with Gasteiger partial charge in [-0.15, -0.1) is 11.3 Å². The number of thiophene rings is 1. The van der Waals surface area contributed by atoms with Gasteiger partial charge in [0.2, 0.25) is 0 Å². The Morgan fingerprint density at radius 1 is 1.43 bits per heavy atom. The van der Waals surface area contributed by atoms with Crippen molar-refractivity contribution in [2.45, 2.75) is 13.3 Å². The van der Waals surface area contributed by atoms with Crippen molar-refractivity contribution < 1.29 is 9.59 Å². The van der Waals surface area contributed by atoms with Gasteiger partial charge in [0.15, 0.2) is 0 Å². The van der Waals surface area contributed by atoms with E-state index >= 15 is 0 Å². The predicted octanol–water partition coefficient (Wildman–Crippen LogP) is 0.624. The minimum Gasteiger partial charge on any atom is -0.350 e. The number of hydrazine groups is 1. The van der Waals surface area contributed by atoms with Gasteiger partial charge in [-0.05, 0) is 18.6 Å². The fraction of sp³-hybridized carbons (Fsp3) is 0.250. The van der Waals surface area contributed by atoms with Gasteiger partial charge in [0.05, 0.1) is 4.88 Å². The molecule has 0 saturated heterocycles. The zero-order chi connectivity index (χ0) is 10.6. The van der Waals surface area contributed by atoms with Gasteiger partial charge in [-0.1, -0.05) is 6.92 Å². The van der Waals surface area contributed by atoms with Gasteiger partial charge in [0, 0.05) is 4.88 Å². The van der Waals surface area contributed by atoms with Gasteiger partial charge in [-0.2, -0.15) is 0 Å². The molecule has 0 aliphatic heterocycles. The Hall–Kier alpha value is -1.56. The Labute approximate surface area is 85.3 Å². The van der Waals surface area contributed by atoms with Gasteiger partial charge in [-0.25, -0.2) is 10.2 Å². The molecule has 14 heavy (non-hydrogen) atoms. The Morgan fingerprint density at radius 3 is 2.64 bits per heavy atom. The molecule has 1 aromatic heterocycles. The molecule has 0 aliphatic rings. The smallest absolute Gasteiger partial charge is 0.330 e. The molecule has 0 saturated carbocycles. The molecule has 0 bridgehead atoms. The summed E-state index contributed by atoms with van der Waals surface area (Å²) >= 11 is 1.39. The summed E-state index contributed by atoms with van der Waals surface area (Å²) in [6, 6.07) is 2.80. The van der Waals surface area contributed by atoms with E-state index in [1.54, 1.807) is 6.07 Å². The van der Waals surface area contributed by atoms with Crippen LogP contribution in [0.25, 0.3) is 0 Å². The zero-order valence-corrected chi connectivity index (χ0v) is 8.48. The molecule has 3 amide bonds. The summed E-state index contributed by atoms with van der Waals surface area (Å²) in [7, 11) is 0. The molecule has 0 spiro atoms. The molecule has 1 aromatic rings. The molecular weight excluding hydrogens is 202 g/mol. The molecule has 0 aromatic carbocycles. The summed E-state index contributed by atoms with van der Waals surface area (Å²) in [5.41, 5.74) is 8.99. The second-order valence-electron chi connectivity index (χ2n) is 2.56. The second kappa shape index (κ2) is 4.61. The Kier molecular flexibility index (Phi) is 3.47. The first kappa shape index (κ1) is 10.5. The Balaban J connectivity index is 2.56. The number of nitrogens with one attached hydrogen (secondary N) is 2. The second-order valence-corrected chi connectivity index (χ2v) is 3.73. The number of primary amides is 1. The van der Waals surface area contributed by atoms with Crippen LogP contribution in [0.1, 0.15) is 21.5 Å². The summed E-state index contributed by atoms with van der Waals surface area (Å²) in [5.74, 6) is -0.353. The van der Waals surface area contributed by atoms with Crippen LogP contribution in [-0.4, -0.2) is 11.9 Å². The normalized spacial score (nSPS) is 9.50. The van der Waals surface area contributed by atoms with Crippen LogP contribution in [-0.2, 0) is 6.42 Å². The van der Waals surface area contributed by atoms with E-state index in [0.29, 0.717) is 4.88 Å². The van der Waals surface area contributed by atoms with E-state index in [1.807, 2.05) is 18.4 Å². The third-order valence-electron chi connectivity index (χ3n) is 1.53. The highest BCUT2D eigenvalue weighted by Crippen LogP contribution is 2.16. The fourth-order valence-corrected chi connectivity index (χ4v) is 1.71.